The molecule has 1 saturated heterocycles. The van der Waals surface area contributed by atoms with Gasteiger partial charge in [-0.05, 0) is 12.5 Å². The standard InChI is InChI=1S/C9H12N4O/c1-6-3-11-9(12-4-6)13-7-2-8(14)10-5-7/h3-4,7H,2,5H2,1H3,(H,10,14)(H,11,12,13). The van der Waals surface area contributed by atoms with Gasteiger partial charge in [0.15, 0.2) is 0 Å². The Kier molecular flexibility index (Phi) is 2.30. The Labute approximate surface area is 82.0 Å². The molecule has 1 amide bonds. The lowest BCUT2D eigenvalue weighted by Gasteiger charge is -2.09. The SMILES string of the molecule is Cc1cnc(NC2CNC(=O)C2)nc1. The molecule has 0 radical (unpaired) electrons. The Morgan fingerprint density at radius 1 is 1.50 bits per heavy atom. The van der Waals surface area contributed by atoms with Gasteiger partial charge in [-0.25, -0.2) is 9.97 Å². The van der Waals surface area contributed by atoms with Gasteiger partial charge in [-0.15, -0.1) is 0 Å². The van der Waals surface area contributed by atoms with E-state index in [0.29, 0.717) is 18.9 Å². The normalized spacial score (nSPS) is 20.6. The fraction of sp³-hybridized carbons (Fsp3) is 0.444. The van der Waals surface area contributed by atoms with Crippen LogP contribution in [0.1, 0.15) is 12.0 Å². The topological polar surface area (TPSA) is 66.9 Å². The second-order valence-electron chi connectivity index (χ2n) is 3.43. The van der Waals surface area contributed by atoms with Gasteiger partial charge < -0.3 is 10.6 Å². The summed E-state index contributed by atoms with van der Waals surface area (Å²) in [4.78, 5) is 19.1. The number of hydrogen-bond donors (Lipinski definition) is 2. The molecule has 1 fully saturated rings. The van der Waals surface area contributed by atoms with E-state index in [-0.39, 0.29) is 11.9 Å². The summed E-state index contributed by atoms with van der Waals surface area (Å²) in [7, 11) is 0. The summed E-state index contributed by atoms with van der Waals surface area (Å²) in [6.07, 6.45) is 4.00. The Bertz CT molecular complexity index is 335. The molecule has 2 rings (SSSR count). The fourth-order valence-electron chi connectivity index (χ4n) is 1.36. The summed E-state index contributed by atoms with van der Waals surface area (Å²) in [6, 6.07) is 0.116. The molecule has 1 aromatic heterocycles. The molecule has 1 aliphatic heterocycles. The van der Waals surface area contributed by atoms with Gasteiger partial charge in [-0.1, -0.05) is 0 Å². The molecule has 1 atom stereocenters. The van der Waals surface area contributed by atoms with Crippen LogP contribution in [0.25, 0.3) is 0 Å². The van der Waals surface area contributed by atoms with E-state index in [0.717, 1.165) is 5.56 Å². The monoisotopic (exact) mass is 192 g/mol. The van der Waals surface area contributed by atoms with Crippen molar-refractivity contribution in [3.8, 4) is 0 Å². The molecule has 0 aliphatic carbocycles. The Hall–Kier alpha value is -1.65. The van der Waals surface area contributed by atoms with E-state index in [1.807, 2.05) is 6.92 Å². The van der Waals surface area contributed by atoms with Crippen molar-refractivity contribution in [2.75, 3.05) is 11.9 Å². The van der Waals surface area contributed by atoms with Crippen molar-refractivity contribution in [3.63, 3.8) is 0 Å². The van der Waals surface area contributed by atoms with Crippen molar-refractivity contribution in [3.05, 3.63) is 18.0 Å². The van der Waals surface area contributed by atoms with Crippen LogP contribution in [-0.2, 0) is 4.79 Å². The van der Waals surface area contributed by atoms with Crippen LogP contribution in [0.3, 0.4) is 0 Å². The molecule has 0 aromatic carbocycles. The highest BCUT2D eigenvalue weighted by molar-refractivity contribution is 5.79. The summed E-state index contributed by atoms with van der Waals surface area (Å²) in [5, 5.41) is 5.84. The highest BCUT2D eigenvalue weighted by Gasteiger charge is 2.21. The summed E-state index contributed by atoms with van der Waals surface area (Å²) < 4.78 is 0. The number of hydrogen-bond acceptors (Lipinski definition) is 4. The third-order valence-corrected chi connectivity index (χ3v) is 2.09. The van der Waals surface area contributed by atoms with E-state index >= 15 is 0 Å². The van der Waals surface area contributed by atoms with E-state index in [9.17, 15) is 4.79 Å². The lowest BCUT2D eigenvalue weighted by molar-refractivity contribution is -0.119. The van der Waals surface area contributed by atoms with Crippen molar-refractivity contribution in [2.24, 2.45) is 0 Å². The number of aromatic nitrogens is 2. The molecule has 74 valence electrons. The first-order valence-electron chi connectivity index (χ1n) is 4.56. The Morgan fingerprint density at radius 2 is 2.21 bits per heavy atom. The number of carbonyl (C=O) groups excluding carboxylic acids is 1. The zero-order valence-electron chi connectivity index (χ0n) is 7.95. The summed E-state index contributed by atoms with van der Waals surface area (Å²) >= 11 is 0. The van der Waals surface area contributed by atoms with Crippen molar-refractivity contribution in [1.29, 1.82) is 0 Å². The zero-order valence-corrected chi connectivity index (χ0v) is 7.95. The predicted octanol–water partition coefficient (Wildman–Crippen LogP) is 0.0854. The first-order valence-corrected chi connectivity index (χ1v) is 4.56. The van der Waals surface area contributed by atoms with Crippen molar-refractivity contribution in [2.45, 2.75) is 19.4 Å². The van der Waals surface area contributed by atoms with E-state index in [2.05, 4.69) is 20.6 Å². The van der Waals surface area contributed by atoms with Crippen molar-refractivity contribution < 1.29 is 4.79 Å². The number of aryl methyl sites for hydroxylation is 1. The third kappa shape index (κ3) is 1.99. The average molecular weight is 192 g/mol. The molecule has 0 saturated carbocycles. The molecular weight excluding hydrogens is 180 g/mol. The van der Waals surface area contributed by atoms with Gasteiger partial charge in [0.05, 0.1) is 6.04 Å². The molecule has 1 unspecified atom stereocenters. The second kappa shape index (κ2) is 3.61. The molecule has 0 spiro atoms. The maximum Gasteiger partial charge on any atom is 0.222 e. The molecule has 0 bridgehead atoms. The van der Waals surface area contributed by atoms with Gasteiger partial charge >= 0.3 is 0 Å². The van der Waals surface area contributed by atoms with Crippen LogP contribution in [0, 0.1) is 6.92 Å². The minimum atomic E-state index is 0.0783. The quantitative estimate of drug-likeness (QED) is 0.696. The van der Waals surface area contributed by atoms with Crippen LogP contribution in [0.15, 0.2) is 12.4 Å². The molecule has 14 heavy (non-hydrogen) atoms. The molecule has 1 aromatic rings. The number of carbonyl (C=O) groups is 1. The molecule has 2 heterocycles. The van der Waals surface area contributed by atoms with Gasteiger partial charge in [0.25, 0.3) is 0 Å². The van der Waals surface area contributed by atoms with Crippen LogP contribution in [0.5, 0.6) is 0 Å². The van der Waals surface area contributed by atoms with Crippen molar-refractivity contribution in [1.82, 2.24) is 15.3 Å². The molecular formula is C9H12N4O. The number of rotatable bonds is 2. The molecule has 5 heteroatoms. The van der Waals surface area contributed by atoms with Crippen LogP contribution >= 0.6 is 0 Å². The van der Waals surface area contributed by atoms with Gasteiger partial charge in [-0.3, -0.25) is 4.79 Å². The Morgan fingerprint density at radius 3 is 2.79 bits per heavy atom. The maximum atomic E-state index is 10.9. The molecule has 2 N–H and O–H groups in total. The molecule has 5 nitrogen and oxygen atoms in total. The number of nitrogens with one attached hydrogen (secondary N) is 2. The van der Waals surface area contributed by atoms with Crippen LogP contribution in [0.2, 0.25) is 0 Å². The lowest BCUT2D eigenvalue weighted by Crippen LogP contribution is -2.23. The van der Waals surface area contributed by atoms with E-state index in [1.54, 1.807) is 12.4 Å². The summed E-state index contributed by atoms with van der Waals surface area (Å²) in [5.74, 6) is 0.659. The first kappa shape index (κ1) is 8.93. The smallest absolute Gasteiger partial charge is 0.222 e. The lowest BCUT2D eigenvalue weighted by atomic mass is 10.2. The number of amides is 1. The van der Waals surface area contributed by atoms with Crippen LogP contribution < -0.4 is 10.6 Å². The predicted molar refractivity (Wildman–Crippen MR) is 51.8 cm³/mol. The Balaban J connectivity index is 1.97. The van der Waals surface area contributed by atoms with Crippen LogP contribution in [0.4, 0.5) is 5.95 Å². The average Bonchev–Trinajstić information content (AvgIpc) is 2.56. The number of nitrogens with zero attached hydrogens (tertiary/aromatic N) is 2. The van der Waals surface area contributed by atoms with Gasteiger partial charge in [0.2, 0.25) is 11.9 Å². The van der Waals surface area contributed by atoms with Gasteiger partial charge in [0, 0.05) is 25.4 Å². The third-order valence-electron chi connectivity index (χ3n) is 2.09. The van der Waals surface area contributed by atoms with Gasteiger partial charge in [0.1, 0.15) is 0 Å². The highest BCUT2D eigenvalue weighted by Crippen LogP contribution is 2.06. The largest absolute Gasteiger partial charge is 0.354 e. The van der Waals surface area contributed by atoms with E-state index in [1.165, 1.54) is 0 Å². The summed E-state index contributed by atoms with van der Waals surface area (Å²) in [5.41, 5.74) is 1.02. The van der Waals surface area contributed by atoms with Crippen LogP contribution in [-0.4, -0.2) is 28.5 Å². The minimum Gasteiger partial charge on any atom is -0.354 e. The maximum absolute atomic E-state index is 10.9. The fourth-order valence-corrected chi connectivity index (χ4v) is 1.36. The van der Waals surface area contributed by atoms with E-state index in [4.69, 9.17) is 0 Å². The highest BCUT2D eigenvalue weighted by atomic mass is 16.1. The van der Waals surface area contributed by atoms with Gasteiger partial charge in [-0.2, -0.15) is 0 Å². The first-order chi connectivity index (χ1) is 6.74. The zero-order chi connectivity index (χ0) is 9.97. The second-order valence-corrected chi connectivity index (χ2v) is 3.43. The minimum absolute atomic E-state index is 0.0783. The van der Waals surface area contributed by atoms with Crippen molar-refractivity contribution >= 4 is 11.9 Å². The summed E-state index contributed by atoms with van der Waals surface area (Å²) in [6.45, 7) is 2.58. The van der Waals surface area contributed by atoms with E-state index < -0.39 is 0 Å². The molecule has 1 aliphatic rings. The number of anilines is 1.